The molecule has 3 rings (SSSR count). The Labute approximate surface area is 117 Å². The van der Waals surface area contributed by atoms with Gasteiger partial charge in [0.2, 0.25) is 0 Å². The van der Waals surface area contributed by atoms with Gasteiger partial charge in [-0.2, -0.15) is 0 Å². The summed E-state index contributed by atoms with van der Waals surface area (Å²) in [7, 11) is 0. The zero-order valence-corrected chi connectivity index (χ0v) is 11.4. The molecule has 3 atom stereocenters. The SMILES string of the molecule is OC[C@@H]1O[C@@H](n2cnc3c(=S)[nH]c(=S)[nH]c32)C[C@H]1O. The van der Waals surface area contributed by atoms with Crippen molar-refractivity contribution in [2.24, 2.45) is 0 Å². The average Bonchev–Trinajstić information content (AvgIpc) is 2.92. The smallest absolute Gasteiger partial charge is 0.177 e. The molecule has 1 fully saturated rings. The molecule has 102 valence electrons. The molecule has 0 bridgehead atoms. The minimum Gasteiger partial charge on any atom is -0.394 e. The number of aromatic amines is 2. The molecule has 3 heterocycles. The second-order valence-corrected chi connectivity index (χ2v) is 5.19. The first-order chi connectivity index (χ1) is 9.10. The third-order valence-electron chi connectivity index (χ3n) is 3.16. The summed E-state index contributed by atoms with van der Waals surface area (Å²) in [6.07, 6.45) is 0.274. The van der Waals surface area contributed by atoms with Gasteiger partial charge in [-0.15, -0.1) is 0 Å². The monoisotopic (exact) mass is 300 g/mol. The summed E-state index contributed by atoms with van der Waals surface area (Å²) in [6.45, 7) is -0.222. The second kappa shape index (κ2) is 4.76. The van der Waals surface area contributed by atoms with Crippen LogP contribution < -0.4 is 0 Å². The lowest BCUT2D eigenvalue weighted by molar-refractivity contribution is -0.0432. The quantitative estimate of drug-likeness (QED) is 0.612. The van der Waals surface area contributed by atoms with E-state index in [9.17, 15) is 5.11 Å². The van der Waals surface area contributed by atoms with Crippen LogP contribution in [-0.2, 0) is 4.74 Å². The third kappa shape index (κ3) is 2.13. The molecular weight excluding hydrogens is 288 g/mol. The number of imidazole rings is 1. The molecule has 0 spiro atoms. The van der Waals surface area contributed by atoms with Crippen LogP contribution in [0.25, 0.3) is 11.2 Å². The Morgan fingerprint density at radius 2 is 2.26 bits per heavy atom. The summed E-state index contributed by atoms with van der Waals surface area (Å²) >= 11 is 10.2. The Morgan fingerprint density at radius 3 is 2.95 bits per heavy atom. The summed E-state index contributed by atoms with van der Waals surface area (Å²) in [5.41, 5.74) is 1.23. The van der Waals surface area contributed by atoms with Crippen LogP contribution in [-0.4, -0.2) is 48.5 Å². The summed E-state index contributed by atoms with van der Waals surface area (Å²) in [4.78, 5) is 9.99. The highest BCUT2D eigenvalue weighted by Crippen LogP contribution is 2.30. The molecule has 0 radical (unpaired) electrons. The highest BCUT2D eigenvalue weighted by Gasteiger charge is 2.35. The van der Waals surface area contributed by atoms with Crippen LogP contribution in [0.5, 0.6) is 0 Å². The predicted octanol–water partition coefficient (Wildman–Crippen LogP) is 0.792. The Balaban J connectivity index is 2.07. The molecular formula is C10H12N4O3S2. The van der Waals surface area contributed by atoms with Crippen LogP contribution in [0, 0.1) is 9.41 Å². The van der Waals surface area contributed by atoms with Crippen LogP contribution in [0.3, 0.4) is 0 Å². The van der Waals surface area contributed by atoms with E-state index in [2.05, 4.69) is 15.0 Å². The first-order valence-electron chi connectivity index (χ1n) is 5.73. The Morgan fingerprint density at radius 1 is 1.47 bits per heavy atom. The molecule has 2 aromatic rings. The van der Waals surface area contributed by atoms with Crippen LogP contribution in [0.4, 0.5) is 0 Å². The summed E-state index contributed by atoms with van der Waals surface area (Å²) < 4.78 is 8.16. The summed E-state index contributed by atoms with van der Waals surface area (Å²) in [6, 6.07) is 0. The normalized spacial score (nSPS) is 27.2. The van der Waals surface area contributed by atoms with Gasteiger partial charge < -0.3 is 24.9 Å². The number of ether oxygens (including phenoxy) is 1. The van der Waals surface area contributed by atoms with Crippen LogP contribution in [0.15, 0.2) is 6.33 Å². The van der Waals surface area contributed by atoms with Gasteiger partial charge >= 0.3 is 0 Å². The van der Waals surface area contributed by atoms with Crippen molar-refractivity contribution < 1.29 is 14.9 Å². The average molecular weight is 300 g/mol. The van der Waals surface area contributed by atoms with Gasteiger partial charge in [0.25, 0.3) is 0 Å². The molecule has 1 aliphatic heterocycles. The van der Waals surface area contributed by atoms with E-state index in [4.69, 9.17) is 34.3 Å². The number of rotatable bonds is 2. The van der Waals surface area contributed by atoms with Crippen molar-refractivity contribution in [2.75, 3.05) is 6.61 Å². The molecule has 0 unspecified atom stereocenters. The van der Waals surface area contributed by atoms with Crippen molar-refractivity contribution in [1.29, 1.82) is 0 Å². The second-order valence-electron chi connectivity index (χ2n) is 4.37. The van der Waals surface area contributed by atoms with Gasteiger partial charge in [-0.05, 0) is 12.2 Å². The minimum absolute atomic E-state index is 0.222. The molecule has 2 aromatic heterocycles. The van der Waals surface area contributed by atoms with Crippen LogP contribution >= 0.6 is 24.4 Å². The van der Waals surface area contributed by atoms with Crippen molar-refractivity contribution in [2.45, 2.75) is 24.9 Å². The topological polar surface area (TPSA) is 99.1 Å². The fraction of sp³-hybridized carbons (Fsp3) is 0.500. The lowest BCUT2D eigenvalue weighted by atomic mass is 10.2. The van der Waals surface area contributed by atoms with Gasteiger partial charge in [0.1, 0.15) is 28.1 Å². The fourth-order valence-corrected chi connectivity index (χ4v) is 2.74. The largest absolute Gasteiger partial charge is 0.394 e. The Bertz CT molecular complexity index is 721. The lowest BCUT2D eigenvalue weighted by Gasteiger charge is -2.13. The zero-order valence-electron chi connectivity index (χ0n) is 9.74. The molecule has 7 nitrogen and oxygen atoms in total. The van der Waals surface area contributed by atoms with Gasteiger partial charge in [0.05, 0.1) is 19.0 Å². The molecule has 0 aromatic carbocycles. The van der Waals surface area contributed by atoms with E-state index >= 15 is 0 Å². The number of fused-ring (bicyclic) bond motifs is 1. The number of H-pyrrole nitrogens is 2. The summed E-state index contributed by atoms with van der Waals surface area (Å²) in [5.74, 6) is 0. The number of aliphatic hydroxyl groups excluding tert-OH is 2. The maximum Gasteiger partial charge on any atom is 0.177 e. The van der Waals surface area contributed by atoms with E-state index in [-0.39, 0.29) is 6.61 Å². The van der Waals surface area contributed by atoms with Crippen LogP contribution in [0.1, 0.15) is 12.6 Å². The number of aliphatic hydroxyl groups is 2. The van der Waals surface area contributed by atoms with Gasteiger partial charge in [0, 0.05) is 6.42 Å². The molecule has 1 saturated heterocycles. The van der Waals surface area contributed by atoms with Gasteiger partial charge in [-0.3, -0.25) is 4.57 Å². The predicted molar refractivity (Wildman–Crippen MR) is 71.7 cm³/mol. The molecule has 4 N–H and O–H groups in total. The molecule has 0 amide bonds. The number of hydrogen-bond acceptors (Lipinski definition) is 6. The van der Waals surface area contributed by atoms with Crippen LogP contribution in [0.2, 0.25) is 0 Å². The number of aromatic nitrogens is 4. The number of hydrogen-bond donors (Lipinski definition) is 4. The van der Waals surface area contributed by atoms with Gasteiger partial charge in [-0.25, -0.2) is 4.98 Å². The molecule has 0 saturated carbocycles. The van der Waals surface area contributed by atoms with E-state index in [0.717, 1.165) is 0 Å². The molecule has 0 aliphatic carbocycles. The van der Waals surface area contributed by atoms with Crippen molar-refractivity contribution in [1.82, 2.24) is 19.5 Å². The van der Waals surface area contributed by atoms with E-state index < -0.39 is 18.4 Å². The van der Waals surface area contributed by atoms with Crippen molar-refractivity contribution >= 4 is 35.6 Å². The zero-order chi connectivity index (χ0) is 13.6. The maximum absolute atomic E-state index is 9.76. The van der Waals surface area contributed by atoms with Crippen molar-refractivity contribution in [3.8, 4) is 0 Å². The van der Waals surface area contributed by atoms with Crippen molar-refractivity contribution in [3.05, 3.63) is 15.7 Å². The van der Waals surface area contributed by atoms with Gasteiger partial charge in [-0.1, -0.05) is 12.2 Å². The minimum atomic E-state index is -0.700. The maximum atomic E-state index is 9.76. The first-order valence-corrected chi connectivity index (χ1v) is 6.55. The van der Waals surface area contributed by atoms with Crippen molar-refractivity contribution in [3.63, 3.8) is 0 Å². The fourth-order valence-electron chi connectivity index (χ4n) is 2.22. The lowest BCUT2D eigenvalue weighted by Crippen LogP contribution is -2.24. The van der Waals surface area contributed by atoms with E-state index in [1.807, 2.05) is 0 Å². The third-order valence-corrected chi connectivity index (χ3v) is 3.66. The Hall–Kier alpha value is -1.13. The van der Waals surface area contributed by atoms with E-state index in [1.165, 1.54) is 0 Å². The number of nitrogens with zero attached hydrogens (tertiary/aromatic N) is 2. The standard InChI is InChI=1S/C10H12N4O3S2/c15-2-5-4(16)1-6(17-5)14-3-11-7-8(14)12-10(19)13-9(7)18/h3-6,15-16H,1-2H2,(H2,12,13,18,19)/t4-,5+,6-/m1/s1. The van der Waals surface area contributed by atoms with E-state index in [1.54, 1.807) is 10.9 Å². The number of nitrogens with one attached hydrogen (secondary N) is 2. The highest BCUT2D eigenvalue weighted by atomic mass is 32.1. The first kappa shape index (κ1) is 12.9. The molecule has 9 heteroatoms. The molecule has 1 aliphatic rings. The summed E-state index contributed by atoms with van der Waals surface area (Å²) in [5, 5.41) is 18.9. The Kier molecular flexibility index (Phi) is 3.23. The van der Waals surface area contributed by atoms with Gasteiger partial charge in [0.15, 0.2) is 4.77 Å². The highest BCUT2D eigenvalue weighted by molar-refractivity contribution is 7.72. The van der Waals surface area contributed by atoms with E-state index in [0.29, 0.717) is 27.0 Å². The molecule has 19 heavy (non-hydrogen) atoms.